The molecule has 0 saturated carbocycles. The van der Waals surface area contributed by atoms with Crippen LogP contribution in [0.15, 0.2) is 42.5 Å². The van der Waals surface area contributed by atoms with Gasteiger partial charge in [0.15, 0.2) is 23.0 Å². The lowest BCUT2D eigenvalue weighted by Gasteiger charge is -2.14. The van der Waals surface area contributed by atoms with Crippen LogP contribution in [-0.2, 0) is 20.7 Å². The van der Waals surface area contributed by atoms with Gasteiger partial charge in [-0.1, -0.05) is 25.5 Å². The maximum Gasteiger partial charge on any atom is 0.330 e. The average molecular weight is 459 g/mol. The summed E-state index contributed by atoms with van der Waals surface area (Å²) in [4.78, 5) is 11.8. The van der Waals surface area contributed by atoms with Crippen LogP contribution in [0.1, 0.15) is 37.8 Å². The molecule has 1 N–H and O–H groups in total. The minimum atomic E-state index is -0.423. The average Bonchev–Trinajstić information content (AvgIpc) is 2.82. The zero-order valence-corrected chi connectivity index (χ0v) is 19.7. The van der Waals surface area contributed by atoms with E-state index in [4.69, 9.17) is 23.7 Å². The number of carbonyl (C=O) groups is 1. The van der Waals surface area contributed by atoms with E-state index in [2.05, 4.69) is 6.92 Å². The van der Waals surface area contributed by atoms with Gasteiger partial charge in [-0.3, -0.25) is 0 Å². The summed E-state index contributed by atoms with van der Waals surface area (Å²) in [5.74, 6) is 1.37. The molecule has 0 aromatic heterocycles. The summed E-state index contributed by atoms with van der Waals surface area (Å²) in [6, 6.07) is 10.8. The Morgan fingerprint density at radius 1 is 0.939 bits per heavy atom. The van der Waals surface area contributed by atoms with Gasteiger partial charge < -0.3 is 28.8 Å². The summed E-state index contributed by atoms with van der Waals surface area (Å²) in [5.41, 5.74) is 1.79. The van der Waals surface area contributed by atoms with Crippen molar-refractivity contribution in [3.8, 4) is 23.0 Å². The standard InChI is InChI=1S/C26H34O7/c1-4-6-14-31-25-19-20(9-12-26(28)33-17-16-30-5-2)8-11-23(25)32-15-13-21-7-10-22(27)24(18-21)29-3/h7-12,18-19,27H,4-6,13-17H2,1-3H3/b12-9-. The molecule has 0 saturated heterocycles. The number of rotatable bonds is 15. The van der Waals surface area contributed by atoms with Crippen molar-refractivity contribution >= 4 is 12.0 Å². The maximum absolute atomic E-state index is 11.8. The molecule has 0 aliphatic rings. The molecule has 7 heteroatoms. The van der Waals surface area contributed by atoms with Crippen molar-refractivity contribution in [3.05, 3.63) is 53.6 Å². The first kappa shape index (κ1) is 26.1. The van der Waals surface area contributed by atoms with Gasteiger partial charge in [0.25, 0.3) is 0 Å². The Labute approximate surface area is 195 Å². The second kappa shape index (κ2) is 14.8. The van der Waals surface area contributed by atoms with Crippen LogP contribution in [0.3, 0.4) is 0 Å². The Hall–Kier alpha value is -3.19. The van der Waals surface area contributed by atoms with E-state index in [0.29, 0.717) is 50.1 Å². The Kier molecular flexibility index (Phi) is 11.7. The van der Waals surface area contributed by atoms with Crippen molar-refractivity contribution in [2.45, 2.75) is 33.1 Å². The first-order valence-corrected chi connectivity index (χ1v) is 11.3. The van der Waals surface area contributed by atoms with Crippen LogP contribution >= 0.6 is 0 Å². The summed E-state index contributed by atoms with van der Waals surface area (Å²) in [7, 11) is 1.52. The van der Waals surface area contributed by atoms with E-state index >= 15 is 0 Å². The van der Waals surface area contributed by atoms with E-state index in [-0.39, 0.29) is 12.4 Å². The number of methoxy groups -OCH3 is 1. The number of phenolic OH excluding ortho intramolecular Hbond substituents is 1. The van der Waals surface area contributed by atoms with Gasteiger partial charge in [0.05, 0.1) is 26.9 Å². The number of ether oxygens (including phenoxy) is 5. The number of benzene rings is 2. The molecule has 0 aliphatic heterocycles. The lowest BCUT2D eigenvalue weighted by atomic mass is 10.1. The number of carbonyl (C=O) groups excluding carboxylic acids is 1. The third kappa shape index (κ3) is 9.45. The van der Waals surface area contributed by atoms with Crippen molar-refractivity contribution in [1.82, 2.24) is 0 Å². The minimum absolute atomic E-state index is 0.107. The number of phenols is 1. The Balaban J connectivity index is 2.00. The molecule has 180 valence electrons. The highest BCUT2D eigenvalue weighted by molar-refractivity contribution is 5.87. The molecule has 2 aromatic carbocycles. The van der Waals surface area contributed by atoms with Crippen LogP contribution in [0.25, 0.3) is 6.08 Å². The molecule has 0 heterocycles. The Morgan fingerprint density at radius 3 is 2.52 bits per heavy atom. The monoisotopic (exact) mass is 458 g/mol. The third-order valence-electron chi connectivity index (χ3n) is 4.70. The largest absolute Gasteiger partial charge is 0.504 e. The van der Waals surface area contributed by atoms with E-state index in [1.165, 1.54) is 13.2 Å². The highest BCUT2D eigenvalue weighted by atomic mass is 16.6. The third-order valence-corrected chi connectivity index (χ3v) is 4.70. The first-order valence-electron chi connectivity index (χ1n) is 11.3. The number of esters is 1. The fourth-order valence-corrected chi connectivity index (χ4v) is 2.90. The summed E-state index contributed by atoms with van der Waals surface area (Å²) in [6.07, 6.45) is 5.66. The fraction of sp³-hybridized carbons (Fsp3) is 0.423. The predicted molar refractivity (Wildman–Crippen MR) is 127 cm³/mol. The quantitative estimate of drug-likeness (QED) is 0.233. The highest BCUT2D eigenvalue weighted by Crippen LogP contribution is 2.30. The molecule has 0 unspecified atom stereocenters. The number of hydrogen-bond acceptors (Lipinski definition) is 7. The van der Waals surface area contributed by atoms with Gasteiger partial charge in [0.2, 0.25) is 0 Å². The molecular formula is C26H34O7. The summed E-state index contributed by atoms with van der Waals surface area (Å²) in [6.45, 7) is 6.19. The van der Waals surface area contributed by atoms with Crippen LogP contribution in [0.2, 0.25) is 0 Å². The second-order valence-corrected chi connectivity index (χ2v) is 7.21. The van der Waals surface area contributed by atoms with Crippen LogP contribution in [0.5, 0.6) is 23.0 Å². The SMILES string of the molecule is CCCCOc1cc(/C=C\C(=O)OCCOCC)ccc1OCCc1ccc(O)c(OC)c1. The molecule has 2 aromatic rings. The van der Waals surface area contributed by atoms with E-state index in [1.54, 1.807) is 18.2 Å². The lowest BCUT2D eigenvalue weighted by Crippen LogP contribution is -2.08. The molecule has 0 bridgehead atoms. The maximum atomic E-state index is 11.8. The molecule has 0 radical (unpaired) electrons. The van der Waals surface area contributed by atoms with Gasteiger partial charge in [-0.15, -0.1) is 0 Å². The van der Waals surface area contributed by atoms with E-state index in [1.807, 2.05) is 31.2 Å². The molecule has 2 rings (SSSR count). The zero-order chi connectivity index (χ0) is 23.9. The van der Waals surface area contributed by atoms with Crippen LogP contribution in [0, 0.1) is 0 Å². The van der Waals surface area contributed by atoms with Crippen LogP contribution in [0.4, 0.5) is 0 Å². The van der Waals surface area contributed by atoms with Crippen molar-refractivity contribution in [2.24, 2.45) is 0 Å². The van der Waals surface area contributed by atoms with E-state index in [9.17, 15) is 9.90 Å². The molecule has 0 atom stereocenters. The zero-order valence-electron chi connectivity index (χ0n) is 19.7. The van der Waals surface area contributed by atoms with Crippen LogP contribution < -0.4 is 14.2 Å². The van der Waals surface area contributed by atoms with Crippen molar-refractivity contribution in [3.63, 3.8) is 0 Å². The first-order chi connectivity index (χ1) is 16.1. The molecule has 0 spiro atoms. The van der Waals surface area contributed by atoms with Crippen molar-refractivity contribution < 1.29 is 33.6 Å². The molecule has 7 nitrogen and oxygen atoms in total. The molecular weight excluding hydrogens is 424 g/mol. The van der Waals surface area contributed by atoms with Gasteiger partial charge in [0, 0.05) is 19.1 Å². The summed E-state index contributed by atoms with van der Waals surface area (Å²) in [5, 5.41) is 9.73. The normalized spacial score (nSPS) is 10.9. The molecule has 0 amide bonds. The highest BCUT2D eigenvalue weighted by Gasteiger charge is 2.08. The second-order valence-electron chi connectivity index (χ2n) is 7.21. The molecule has 0 aliphatic carbocycles. The predicted octanol–water partition coefficient (Wildman–Crippen LogP) is 4.79. The number of unbranched alkanes of at least 4 members (excludes halogenated alkanes) is 1. The smallest absolute Gasteiger partial charge is 0.330 e. The Morgan fingerprint density at radius 2 is 1.76 bits per heavy atom. The van der Waals surface area contributed by atoms with Gasteiger partial charge in [-0.2, -0.15) is 0 Å². The molecule has 0 fully saturated rings. The Bertz CT molecular complexity index is 892. The van der Waals surface area contributed by atoms with Gasteiger partial charge >= 0.3 is 5.97 Å². The van der Waals surface area contributed by atoms with Crippen molar-refractivity contribution in [1.29, 1.82) is 0 Å². The van der Waals surface area contributed by atoms with Crippen LogP contribution in [-0.4, -0.2) is 51.2 Å². The van der Waals surface area contributed by atoms with E-state index < -0.39 is 5.97 Å². The van der Waals surface area contributed by atoms with Gasteiger partial charge in [-0.25, -0.2) is 4.79 Å². The minimum Gasteiger partial charge on any atom is -0.504 e. The lowest BCUT2D eigenvalue weighted by molar-refractivity contribution is -0.139. The number of hydrogen-bond donors (Lipinski definition) is 1. The van der Waals surface area contributed by atoms with E-state index in [0.717, 1.165) is 24.0 Å². The topological polar surface area (TPSA) is 83.5 Å². The fourth-order valence-electron chi connectivity index (χ4n) is 2.90. The van der Waals surface area contributed by atoms with Gasteiger partial charge in [-0.05, 0) is 54.8 Å². The number of aromatic hydroxyl groups is 1. The summed E-state index contributed by atoms with van der Waals surface area (Å²) >= 11 is 0. The van der Waals surface area contributed by atoms with Crippen molar-refractivity contribution in [2.75, 3.05) is 40.1 Å². The summed E-state index contributed by atoms with van der Waals surface area (Å²) < 4.78 is 27.3. The molecule has 33 heavy (non-hydrogen) atoms. The van der Waals surface area contributed by atoms with Gasteiger partial charge in [0.1, 0.15) is 6.61 Å².